The van der Waals surface area contributed by atoms with Crippen LogP contribution in [0.3, 0.4) is 0 Å². The van der Waals surface area contributed by atoms with Crippen LogP contribution in [0.15, 0.2) is 29.3 Å². The van der Waals surface area contributed by atoms with Crippen molar-refractivity contribution in [1.82, 2.24) is 19.6 Å². The first-order valence-corrected chi connectivity index (χ1v) is 7.46. The van der Waals surface area contributed by atoms with E-state index in [0.717, 1.165) is 4.47 Å². The average Bonchev–Trinajstić information content (AvgIpc) is 3.05. The number of nitrogens with zero attached hydrogens (tertiary/aromatic N) is 4. The van der Waals surface area contributed by atoms with Crippen molar-refractivity contribution in [3.05, 3.63) is 29.3 Å². The zero-order chi connectivity index (χ0) is 15.2. The third-order valence-electron chi connectivity index (χ3n) is 2.84. The number of ether oxygens (including phenoxy) is 1. The Bertz CT molecular complexity index is 595. The minimum atomic E-state index is -0.202. The van der Waals surface area contributed by atoms with Gasteiger partial charge in [0.1, 0.15) is 6.73 Å². The molecule has 0 radical (unpaired) electrons. The van der Waals surface area contributed by atoms with E-state index in [4.69, 9.17) is 4.74 Å². The largest absolute Gasteiger partial charge is 0.360 e. The summed E-state index contributed by atoms with van der Waals surface area (Å²) in [6, 6.07) is 0. The molecule has 1 unspecified atom stereocenters. The summed E-state index contributed by atoms with van der Waals surface area (Å²) in [5.41, 5.74) is 0.660. The van der Waals surface area contributed by atoms with Crippen molar-refractivity contribution in [1.29, 1.82) is 0 Å². The Morgan fingerprint density at radius 2 is 2.14 bits per heavy atom. The Morgan fingerprint density at radius 3 is 2.81 bits per heavy atom. The number of hydrogen-bond donors (Lipinski definition) is 1. The van der Waals surface area contributed by atoms with Gasteiger partial charge in [0.25, 0.3) is 0 Å². The molecule has 0 aliphatic carbocycles. The maximum atomic E-state index is 12.1. The lowest BCUT2D eigenvalue weighted by Crippen LogP contribution is -2.24. The molecule has 0 spiro atoms. The molecule has 0 aromatic carbocycles. The Hall–Kier alpha value is -1.67. The number of carbonyl (C=O) groups is 1. The average molecular weight is 356 g/mol. The van der Waals surface area contributed by atoms with E-state index in [1.54, 1.807) is 28.0 Å². The second-order valence-corrected chi connectivity index (χ2v) is 5.58. The molecule has 1 atom stereocenters. The first-order valence-electron chi connectivity index (χ1n) is 6.67. The van der Waals surface area contributed by atoms with Gasteiger partial charge in [0.2, 0.25) is 5.91 Å². The van der Waals surface area contributed by atoms with Crippen molar-refractivity contribution in [2.24, 2.45) is 5.92 Å². The molecule has 0 bridgehead atoms. The second kappa shape index (κ2) is 7.37. The Kier molecular flexibility index (Phi) is 5.51. The van der Waals surface area contributed by atoms with Crippen LogP contribution in [-0.2, 0) is 22.8 Å². The molecule has 114 valence electrons. The van der Waals surface area contributed by atoms with Crippen LogP contribution in [0.25, 0.3) is 0 Å². The zero-order valence-corrected chi connectivity index (χ0v) is 13.6. The van der Waals surface area contributed by atoms with Gasteiger partial charge < -0.3 is 10.1 Å². The maximum absolute atomic E-state index is 12.1. The van der Waals surface area contributed by atoms with Gasteiger partial charge >= 0.3 is 0 Å². The molecule has 0 saturated heterocycles. The molecule has 0 saturated carbocycles. The van der Waals surface area contributed by atoms with Gasteiger partial charge in [0, 0.05) is 12.8 Å². The first-order chi connectivity index (χ1) is 10.1. The molecule has 2 aromatic rings. The summed E-state index contributed by atoms with van der Waals surface area (Å²) in [6.45, 7) is 5.29. The van der Waals surface area contributed by atoms with Gasteiger partial charge in [-0.2, -0.15) is 10.2 Å². The Balaban J connectivity index is 1.86. The number of carbonyl (C=O) groups excluding carboxylic acids is 1. The quantitative estimate of drug-likeness (QED) is 0.825. The number of anilines is 1. The van der Waals surface area contributed by atoms with E-state index in [1.165, 1.54) is 0 Å². The van der Waals surface area contributed by atoms with E-state index in [0.29, 0.717) is 25.6 Å². The maximum Gasteiger partial charge on any atom is 0.229 e. The summed E-state index contributed by atoms with van der Waals surface area (Å²) < 4.78 is 9.50. The minimum absolute atomic E-state index is 0.0717. The van der Waals surface area contributed by atoms with E-state index >= 15 is 0 Å². The standard InChI is InChI=1S/C13H18BrN5O2/c1-3-21-9-19-8-12(5-16-19)17-13(20)10(2)6-18-7-11(14)4-15-18/h4-5,7-8,10H,3,6,9H2,1-2H3,(H,17,20). The molecule has 1 N–H and O–H groups in total. The predicted molar refractivity (Wildman–Crippen MR) is 81.6 cm³/mol. The summed E-state index contributed by atoms with van der Waals surface area (Å²) in [6.07, 6.45) is 6.88. The highest BCUT2D eigenvalue weighted by atomic mass is 79.9. The molecule has 2 rings (SSSR count). The van der Waals surface area contributed by atoms with Gasteiger partial charge in [-0.1, -0.05) is 6.92 Å². The van der Waals surface area contributed by atoms with E-state index in [9.17, 15) is 4.79 Å². The van der Waals surface area contributed by atoms with Crippen molar-refractivity contribution in [2.75, 3.05) is 11.9 Å². The lowest BCUT2D eigenvalue weighted by Gasteiger charge is -2.11. The topological polar surface area (TPSA) is 74.0 Å². The Morgan fingerprint density at radius 1 is 1.38 bits per heavy atom. The molecule has 7 nitrogen and oxygen atoms in total. The van der Waals surface area contributed by atoms with Gasteiger partial charge in [-0.25, -0.2) is 4.68 Å². The molecule has 0 aliphatic heterocycles. The highest BCUT2D eigenvalue weighted by molar-refractivity contribution is 9.10. The predicted octanol–water partition coefficient (Wildman–Crippen LogP) is 2.11. The van der Waals surface area contributed by atoms with Crippen LogP contribution in [0.5, 0.6) is 0 Å². The summed E-state index contributed by atoms with van der Waals surface area (Å²) in [4.78, 5) is 12.1. The fraction of sp³-hybridized carbons (Fsp3) is 0.462. The first kappa shape index (κ1) is 15.7. The van der Waals surface area contributed by atoms with Gasteiger partial charge in [-0.15, -0.1) is 0 Å². The van der Waals surface area contributed by atoms with Crippen molar-refractivity contribution < 1.29 is 9.53 Å². The molecule has 1 amide bonds. The molecular weight excluding hydrogens is 338 g/mol. The Labute approximate surface area is 131 Å². The van der Waals surface area contributed by atoms with Gasteiger partial charge in [-0.3, -0.25) is 9.48 Å². The van der Waals surface area contributed by atoms with Gasteiger partial charge in [-0.05, 0) is 22.9 Å². The molecular formula is C13H18BrN5O2. The number of nitrogens with one attached hydrogen (secondary N) is 1. The van der Waals surface area contributed by atoms with Crippen LogP contribution < -0.4 is 5.32 Å². The summed E-state index contributed by atoms with van der Waals surface area (Å²) in [5, 5.41) is 11.1. The van der Waals surface area contributed by atoms with Crippen LogP contribution >= 0.6 is 15.9 Å². The normalized spacial score (nSPS) is 12.3. The van der Waals surface area contributed by atoms with Crippen LogP contribution in [0, 0.1) is 5.92 Å². The van der Waals surface area contributed by atoms with Gasteiger partial charge in [0.05, 0.1) is 41.2 Å². The molecule has 0 aliphatic rings. The summed E-state index contributed by atoms with van der Waals surface area (Å²) in [7, 11) is 0. The molecule has 2 aromatic heterocycles. The number of amides is 1. The minimum Gasteiger partial charge on any atom is -0.360 e. The highest BCUT2D eigenvalue weighted by Crippen LogP contribution is 2.11. The van der Waals surface area contributed by atoms with Crippen LogP contribution in [-0.4, -0.2) is 32.1 Å². The van der Waals surface area contributed by atoms with E-state index in [2.05, 4.69) is 31.4 Å². The van der Waals surface area contributed by atoms with Gasteiger partial charge in [0.15, 0.2) is 0 Å². The smallest absolute Gasteiger partial charge is 0.229 e. The van der Waals surface area contributed by atoms with Crippen molar-refractivity contribution in [3.63, 3.8) is 0 Å². The lowest BCUT2D eigenvalue weighted by molar-refractivity contribution is -0.119. The number of halogens is 1. The molecule has 0 fully saturated rings. The lowest BCUT2D eigenvalue weighted by atomic mass is 10.1. The third-order valence-corrected chi connectivity index (χ3v) is 3.25. The van der Waals surface area contributed by atoms with E-state index < -0.39 is 0 Å². The number of rotatable bonds is 7. The van der Waals surface area contributed by atoms with Crippen LogP contribution in [0.4, 0.5) is 5.69 Å². The molecule has 2 heterocycles. The zero-order valence-electron chi connectivity index (χ0n) is 12.0. The van der Waals surface area contributed by atoms with Crippen LogP contribution in [0.2, 0.25) is 0 Å². The SMILES string of the molecule is CCOCn1cc(NC(=O)C(C)Cn2cc(Br)cn2)cn1. The monoisotopic (exact) mass is 355 g/mol. The van der Waals surface area contributed by atoms with Crippen LogP contribution in [0.1, 0.15) is 13.8 Å². The third kappa shape index (κ3) is 4.68. The summed E-state index contributed by atoms with van der Waals surface area (Å²) >= 11 is 3.33. The van der Waals surface area contributed by atoms with Crippen molar-refractivity contribution >= 4 is 27.5 Å². The number of hydrogen-bond acceptors (Lipinski definition) is 4. The fourth-order valence-electron chi connectivity index (χ4n) is 1.75. The molecule has 8 heteroatoms. The second-order valence-electron chi connectivity index (χ2n) is 4.66. The molecule has 21 heavy (non-hydrogen) atoms. The summed E-state index contributed by atoms with van der Waals surface area (Å²) in [5.74, 6) is -0.273. The van der Waals surface area contributed by atoms with Crippen molar-refractivity contribution in [3.8, 4) is 0 Å². The highest BCUT2D eigenvalue weighted by Gasteiger charge is 2.15. The fourth-order valence-corrected chi connectivity index (χ4v) is 2.08. The van der Waals surface area contributed by atoms with Crippen molar-refractivity contribution in [2.45, 2.75) is 27.1 Å². The van der Waals surface area contributed by atoms with E-state index in [1.807, 2.05) is 20.0 Å². The van der Waals surface area contributed by atoms with E-state index in [-0.39, 0.29) is 11.8 Å². The number of aromatic nitrogens is 4.